The standard InChI is InChI=1S/C17H19ClN4O2S/c1-9-15(10(2)22-21-9)25-14-6-4-3-5-13(14)20-16(23)11-7-12(18)17(24)19-8-11/h3-10,15,21-22H,1-2H3,(H,19,24)(H,20,23). The lowest BCUT2D eigenvalue weighted by Gasteiger charge is -2.19. The normalized spacial score (nSPS) is 22.8. The highest BCUT2D eigenvalue weighted by Gasteiger charge is 2.31. The molecule has 2 heterocycles. The molecule has 3 rings (SSSR count). The van der Waals surface area contributed by atoms with Crippen molar-refractivity contribution in [3.05, 3.63) is 57.5 Å². The van der Waals surface area contributed by atoms with Crippen molar-refractivity contribution in [3.63, 3.8) is 0 Å². The second kappa shape index (κ2) is 7.61. The molecule has 0 radical (unpaired) electrons. The van der Waals surface area contributed by atoms with Crippen LogP contribution in [0.25, 0.3) is 0 Å². The molecular formula is C17H19ClN4O2S. The van der Waals surface area contributed by atoms with Crippen molar-refractivity contribution in [3.8, 4) is 0 Å². The molecule has 132 valence electrons. The summed E-state index contributed by atoms with van der Waals surface area (Å²) in [7, 11) is 0. The monoisotopic (exact) mass is 378 g/mol. The number of H-pyrrole nitrogens is 1. The first kappa shape index (κ1) is 18.0. The van der Waals surface area contributed by atoms with E-state index in [1.54, 1.807) is 11.8 Å². The Morgan fingerprint density at radius 2 is 1.88 bits per heavy atom. The van der Waals surface area contributed by atoms with Crippen LogP contribution in [0.4, 0.5) is 5.69 Å². The fraction of sp³-hybridized carbons (Fsp3) is 0.294. The summed E-state index contributed by atoms with van der Waals surface area (Å²) >= 11 is 7.51. The summed E-state index contributed by atoms with van der Waals surface area (Å²) in [5, 5.41) is 3.22. The van der Waals surface area contributed by atoms with Crippen molar-refractivity contribution >= 4 is 35.0 Å². The molecule has 0 saturated carbocycles. The molecule has 4 N–H and O–H groups in total. The Bertz CT molecular complexity index is 831. The number of hydrazine groups is 1. The summed E-state index contributed by atoms with van der Waals surface area (Å²) in [6.07, 6.45) is 1.36. The lowest BCUT2D eigenvalue weighted by Crippen LogP contribution is -2.30. The van der Waals surface area contributed by atoms with Crippen LogP contribution in [-0.4, -0.2) is 28.2 Å². The van der Waals surface area contributed by atoms with Crippen molar-refractivity contribution in [1.29, 1.82) is 0 Å². The van der Waals surface area contributed by atoms with Gasteiger partial charge in [0.05, 0.1) is 11.3 Å². The number of benzene rings is 1. The number of anilines is 1. The van der Waals surface area contributed by atoms with E-state index in [1.165, 1.54) is 12.3 Å². The Morgan fingerprint density at radius 3 is 2.56 bits per heavy atom. The van der Waals surface area contributed by atoms with Gasteiger partial charge in [-0.3, -0.25) is 20.4 Å². The third-order valence-electron chi connectivity index (χ3n) is 4.04. The maximum absolute atomic E-state index is 12.5. The first-order chi connectivity index (χ1) is 12.0. The lowest BCUT2D eigenvalue weighted by molar-refractivity contribution is 0.102. The van der Waals surface area contributed by atoms with Crippen LogP contribution in [0.5, 0.6) is 0 Å². The first-order valence-corrected chi connectivity index (χ1v) is 9.18. The molecule has 2 unspecified atom stereocenters. The summed E-state index contributed by atoms with van der Waals surface area (Å²) in [5.74, 6) is -0.324. The zero-order chi connectivity index (χ0) is 18.0. The van der Waals surface area contributed by atoms with E-state index in [-0.39, 0.29) is 10.9 Å². The van der Waals surface area contributed by atoms with Crippen molar-refractivity contribution in [1.82, 2.24) is 15.8 Å². The number of thioether (sulfide) groups is 1. The topological polar surface area (TPSA) is 86.0 Å². The number of amides is 1. The van der Waals surface area contributed by atoms with Gasteiger partial charge in [-0.1, -0.05) is 23.7 Å². The predicted octanol–water partition coefficient (Wildman–Crippen LogP) is 2.63. The minimum absolute atomic E-state index is 0.0129. The van der Waals surface area contributed by atoms with E-state index in [0.717, 1.165) is 10.6 Å². The second-order valence-corrected chi connectivity index (χ2v) is 7.59. The van der Waals surface area contributed by atoms with Crippen molar-refractivity contribution in [2.75, 3.05) is 5.32 Å². The molecule has 1 aromatic heterocycles. The highest BCUT2D eigenvalue weighted by atomic mass is 35.5. The number of nitrogens with one attached hydrogen (secondary N) is 4. The molecule has 0 spiro atoms. The lowest BCUT2D eigenvalue weighted by atomic mass is 10.2. The van der Waals surface area contributed by atoms with Gasteiger partial charge in [0.15, 0.2) is 0 Å². The molecule has 2 aromatic rings. The Hall–Kier alpha value is -1.80. The molecule has 6 nitrogen and oxygen atoms in total. The number of para-hydroxylation sites is 1. The van der Waals surface area contributed by atoms with Crippen molar-refractivity contribution in [2.24, 2.45) is 0 Å². The smallest absolute Gasteiger partial charge is 0.266 e. The van der Waals surface area contributed by atoms with Gasteiger partial charge in [-0.15, -0.1) is 11.8 Å². The third-order valence-corrected chi connectivity index (χ3v) is 6.02. The van der Waals surface area contributed by atoms with Gasteiger partial charge in [-0.25, -0.2) is 0 Å². The Balaban J connectivity index is 1.79. The van der Waals surface area contributed by atoms with Crippen LogP contribution in [0.15, 0.2) is 46.2 Å². The zero-order valence-electron chi connectivity index (χ0n) is 13.8. The molecule has 0 bridgehead atoms. The molecule has 1 aromatic carbocycles. The number of aromatic amines is 1. The molecule has 8 heteroatoms. The average Bonchev–Trinajstić information content (AvgIpc) is 2.91. The number of aromatic nitrogens is 1. The van der Waals surface area contributed by atoms with Crippen LogP contribution in [0, 0.1) is 0 Å². The van der Waals surface area contributed by atoms with Gasteiger partial charge in [0.2, 0.25) is 0 Å². The summed E-state index contributed by atoms with van der Waals surface area (Å²) in [6.45, 7) is 4.25. The average molecular weight is 379 g/mol. The van der Waals surface area contributed by atoms with E-state index in [0.29, 0.717) is 22.9 Å². The first-order valence-electron chi connectivity index (χ1n) is 7.92. The Labute approximate surface area is 154 Å². The molecule has 1 aliphatic heterocycles. The maximum Gasteiger partial charge on any atom is 0.266 e. The SMILES string of the molecule is CC1NNC(C)C1Sc1ccccc1NC(=O)c1c[nH]c(=O)c(Cl)c1. The maximum atomic E-state index is 12.5. The van der Waals surface area contributed by atoms with Gasteiger partial charge in [-0.2, -0.15) is 0 Å². The number of hydrogen-bond donors (Lipinski definition) is 4. The van der Waals surface area contributed by atoms with E-state index in [4.69, 9.17) is 11.6 Å². The van der Waals surface area contributed by atoms with E-state index < -0.39 is 5.56 Å². The third kappa shape index (κ3) is 4.07. The highest BCUT2D eigenvalue weighted by Crippen LogP contribution is 2.34. The van der Waals surface area contributed by atoms with Crippen LogP contribution in [0.1, 0.15) is 24.2 Å². The quantitative estimate of drug-likeness (QED) is 0.657. The van der Waals surface area contributed by atoms with Crippen LogP contribution in [-0.2, 0) is 0 Å². The van der Waals surface area contributed by atoms with E-state index in [9.17, 15) is 9.59 Å². The second-order valence-electron chi connectivity index (χ2n) is 5.96. The minimum Gasteiger partial charge on any atom is -0.327 e. The van der Waals surface area contributed by atoms with Gasteiger partial charge in [0.1, 0.15) is 5.02 Å². The van der Waals surface area contributed by atoms with Gasteiger partial charge in [-0.05, 0) is 32.0 Å². The van der Waals surface area contributed by atoms with Crippen molar-refractivity contribution < 1.29 is 4.79 Å². The Kier molecular flexibility index (Phi) is 5.48. The molecule has 1 fully saturated rings. The number of hydrogen-bond acceptors (Lipinski definition) is 5. The number of pyridine rings is 1. The molecular weight excluding hydrogens is 360 g/mol. The predicted molar refractivity (Wildman–Crippen MR) is 101 cm³/mol. The summed E-state index contributed by atoms with van der Waals surface area (Å²) < 4.78 is 0. The van der Waals surface area contributed by atoms with Crippen molar-refractivity contribution in [2.45, 2.75) is 36.1 Å². The fourth-order valence-electron chi connectivity index (χ4n) is 2.67. The molecule has 1 saturated heterocycles. The van der Waals surface area contributed by atoms with Crippen LogP contribution in [0.2, 0.25) is 5.02 Å². The van der Waals surface area contributed by atoms with E-state index in [1.807, 2.05) is 24.3 Å². The van der Waals surface area contributed by atoms with Gasteiger partial charge in [0, 0.05) is 28.4 Å². The van der Waals surface area contributed by atoms with Crippen LogP contribution >= 0.6 is 23.4 Å². The molecule has 1 amide bonds. The number of carbonyl (C=O) groups is 1. The Morgan fingerprint density at radius 1 is 1.20 bits per heavy atom. The van der Waals surface area contributed by atoms with Crippen LogP contribution < -0.4 is 21.7 Å². The van der Waals surface area contributed by atoms with E-state index in [2.05, 4.69) is 35.0 Å². The summed E-state index contributed by atoms with van der Waals surface area (Å²) in [4.78, 5) is 27.2. The number of halogens is 1. The van der Waals surface area contributed by atoms with Gasteiger partial charge >= 0.3 is 0 Å². The fourth-order valence-corrected chi connectivity index (χ4v) is 4.08. The molecule has 0 aliphatic carbocycles. The van der Waals surface area contributed by atoms with Crippen LogP contribution in [0.3, 0.4) is 0 Å². The summed E-state index contributed by atoms with van der Waals surface area (Å²) in [6, 6.07) is 9.64. The molecule has 1 aliphatic rings. The minimum atomic E-state index is -0.418. The number of carbonyl (C=O) groups excluding carboxylic acids is 1. The summed E-state index contributed by atoms with van der Waals surface area (Å²) in [5.41, 5.74) is 7.07. The zero-order valence-corrected chi connectivity index (χ0v) is 15.4. The van der Waals surface area contributed by atoms with Gasteiger partial charge < -0.3 is 10.3 Å². The highest BCUT2D eigenvalue weighted by molar-refractivity contribution is 8.00. The molecule has 2 atom stereocenters. The van der Waals surface area contributed by atoms with Gasteiger partial charge in [0.25, 0.3) is 11.5 Å². The molecule has 25 heavy (non-hydrogen) atoms. The van der Waals surface area contributed by atoms with E-state index >= 15 is 0 Å². The number of rotatable bonds is 4. The largest absolute Gasteiger partial charge is 0.327 e.